The van der Waals surface area contributed by atoms with Crippen LogP contribution >= 0.6 is 0 Å². The number of hydrogen-bond acceptors (Lipinski definition) is 2. The third kappa shape index (κ3) is 6.32. The minimum Gasteiger partial charge on any atom is -0.310 e. The molecule has 0 spiro atoms. The molecular formula is C66H48N2. The van der Waals surface area contributed by atoms with Crippen LogP contribution in [0.5, 0.6) is 0 Å². The first-order chi connectivity index (χ1) is 33.4. The Morgan fingerprint density at radius 3 is 1.28 bits per heavy atom. The summed E-state index contributed by atoms with van der Waals surface area (Å²) in [6.45, 7) is 8.65. The lowest BCUT2D eigenvalue weighted by Gasteiger charge is -2.27. The van der Waals surface area contributed by atoms with E-state index in [2.05, 4.69) is 256 Å². The van der Waals surface area contributed by atoms with Gasteiger partial charge in [0.15, 0.2) is 0 Å². The summed E-state index contributed by atoms with van der Waals surface area (Å²) >= 11 is 0. The molecular weight excluding hydrogens is 821 g/mol. The predicted molar refractivity (Wildman–Crippen MR) is 293 cm³/mol. The van der Waals surface area contributed by atoms with Crippen LogP contribution in [0.2, 0.25) is 0 Å². The first-order valence-corrected chi connectivity index (χ1v) is 23.7. The van der Waals surface area contributed by atoms with Crippen LogP contribution in [0.4, 0.5) is 34.1 Å². The topological polar surface area (TPSA) is 6.48 Å². The number of nitrogens with zero attached hydrogens (tertiary/aromatic N) is 2. The number of hydrogen-bond donors (Lipinski definition) is 0. The fourth-order valence-corrected chi connectivity index (χ4v) is 11.1. The average molecular weight is 869 g/mol. The maximum absolute atomic E-state index is 2.48. The maximum Gasteiger partial charge on any atom is 0.0546 e. The molecule has 0 saturated carbocycles. The Hall–Kier alpha value is -8.46. The Morgan fingerprint density at radius 2 is 0.706 bits per heavy atom. The second kappa shape index (κ2) is 15.6. The van der Waals surface area contributed by atoms with E-state index in [1.165, 1.54) is 115 Å². The molecule has 2 heteroatoms. The second-order valence-corrected chi connectivity index (χ2v) is 18.8. The summed E-state index contributed by atoms with van der Waals surface area (Å²) in [4.78, 5) is 4.90. The number of fused-ring (bicyclic) bond motifs is 7. The zero-order valence-corrected chi connectivity index (χ0v) is 38.7. The minimum atomic E-state index is 1.13. The highest BCUT2D eigenvalue weighted by Crippen LogP contribution is 2.54. The van der Waals surface area contributed by atoms with Crippen LogP contribution < -0.4 is 9.80 Å². The lowest BCUT2D eigenvalue weighted by atomic mass is 9.95. The van der Waals surface area contributed by atoms with Gasteiger partial charge in [-0.05, 0) is 183 Å². The van der Waals surface area contributed by atoms with Crippen molar-refractivity contribution in [2.24, 2.45) is 0 Å². The summed E-state index contributed by atoms with van der Waals surface area (Å²) in [5.41, 5.74) is 16.7. The summed E-state index contributed by atoms with van der Waals surface area (Å²) in [5, 5.41) is 15.3. The molecule has 0 N–H and O–H groups in total. The number of rotatable bonds is 8. The van der Waals surface area contributed by atoms with Gasteiger partial charge in [-0.15, -0.1) is 0 Å². The molecule has 0 aliphatic heterocycles. The highest BCUT2D eigenvalue weighted by atomic mass is 15.1. The standard InChI is InChI=1S/C66H48N2/c1-41-15-23-49(24-16-41)67(50-25-17-42(2)18-26-50)53-38-48-37-47(45-11-7-5-8-12-45)39-59-56-32-34-58-65(64(56)60(40-53)62(48)59)57-33-31-54(46-13-9-6-10-14-46)55-35-36-61(66(58)63(55)57)68(51-27-19-43(3)20-28-51)52-29-21-44(4)22-30-52/h5-40H,1-4H3. The lowest BCUT2D eigenvalue weighted by Crippen LogP contribution is -2.10. The van der Waals surface area contributed by atoms with Gasteiger partial charge in [0, 0.05) is 39.2 Å². The number of benzene rings is 11. The van der Waals surface area contributed by atoms with Crippen LogP contribution in [0.15, 0.2) is 218 Å². The lowest BCUT2D eigenvalue weighted by molar-refractivity contribution is 1.27. The SMILES string of the molecule is Cc1ccc(N(c2ccc(C)cc2)c2cc3cc(-c4ccccc4)cc4c5ccc6c7c(N(c8ccc(C)cc8)c8ccc(C)cc8)ccc8c(-c9ccccc9)ccc(c87)c6c5c(c2)c34)cc1. The van der Waals surface area contributed by atoms with Crippen LogP contribution in [0.1, 0.15) is 22.3 Å². The van der Waals surface area contributed by atoms with E-state index in [1.807, 2.05) is 0 Å². The van der Waals surface area contributed by atoms with Gasteiger partial charge < -0.3 is 9.80 Å². The fraction of sp³-hybridized carbons (Fsp3) is 0.0606. The molecule has 0 radical (unpaired) electrons. The Morgan fingerprint density at radius 1 is 0.250 bits per heavy atom. The Balaban J connectivity index is 1.19. The predicted octanol–water partition coefficient (Wildman–Crippen LogP) is 19.0. The van der Waals surface area contributed by atoms with Gasteiger partial charge in [-0.2, -0.15) is 0 Å². The quantitative estimate of drug-likeness (QED) is 0.150. The van der Waals surface area contributed by atoms with Gasteiger partial charge in [-0.1, -0.05) is 162 Å². The van der Waals surface area contributed by atoms with Crippen LogP contribution in [-0.2, 0) is 0 Å². The van der Waals surface area contributed by atoms with Gasteiger partial charge in [0.25, 0.3) is 0 Å². The monoisotopic (exact) mass is 868 g/mol. The normalized spacial score (nSPS) is 11.8. The molecule has 68 heavy (non-hydrogen) atoms. The van der Waals surface area contributed by atoms with Crippen molar-refractivity contribution >= 4 is 98.8 Å². The molecule has 0 bridgehead atoms. The summed E-state index contributed by atoms with van der Waals surface area (Å²) < 4.78 is 0. The van der Waals surface area contributed by atoms with Crippen molar-refractivity contribution in [1.82, 2.24) is 0 Å². The molecule has 13 rings (SSSR count). The first kappa shape index (κ1) is 39.9. The number of aryl methyl sites for hydroxylation is 4. The summed E-state index contributed by atoms with van der Waals surface area (Å²) in [6, 6.07) is 81.8. The van der Waals surface area contributed by atoms with Crippen molar-refractivity contribution < 1.29 is 0 Å². The van der Waals surface area contributed by atoms with Crippen LogP contribution in [0, 0.1) is 27.7 Å². The summed E-state index contributed by atoms with van der Waals surface area (Å²) in [6.07, 6.45) is 0. The van der Waals surface area contributed by atoms with E-state index >= 15 is 0 Å². The third-order valence-electron chi connectivity index (χ3n) is 14.4. The smallest absolute Gasteiger partial charge is 0.0546 e. The van der Waals surface area contributed by atoms with Crippen molar-refractivity contribution in [3.63, 3.8) is 0 Å². The zero-order chi connectivity index (χ0) is 45.6. The summed E-state index contributed by atoms with van der Waals surface area (Å²) in [5.74, 6) is 0. The van der Waals surface area contributed by atoms with Crippen molar-refractivity contribution in [3.05, 3.63) is 241 Å². The molecule has 0 atom stereocenters. The van der Waals surface area contributed by atoms with Crippen LogP contribution in [-0.4, -0.2) is 0 Å². The Kier molecular flexibility index (Phi) is 9.13. The van der Waals surface area contributed by atoms with Gasteiger partial charge in [0.1, 0.15) is 0 Å². The van der Waals surface area contributed by atoms with Crippen molar-refractivity contribution in [1.29, 1.82) is 0 Å². The van der Waals surface area contributed by atoms with Crippen molar-refractivity contribution in [2.45, 2.75) is 27.7 Å². The Bertz CT molecular complexity index is 3910. The van der Waals surface area contributed by atoms with Gasteiger partial charge in [-0.25, -0.2) is 0 Å². The van der Waals surface area contributed by atoms with Gasteiger partial charge in [0.2, 0.25) is 0 Å². The van der Waals surface area contributed by atoms with E-state index in [0.717, 1.165) is 28.4 Å². The van der Waals surface area contributed by atoms with Crippen LogP contribution in [0.25, 0.3) is 86.9 Å². The average Bonchev–Trinajstić information content (AvgIpc) is 3.89. The van der Waals surface area contributed by atoms with Gasteiger partial charge in [0.05, 0.1) is 5.69 Å². The minimum absolute atomic E-state index is 1.13. The molecule has 0 fully saturated rings. The maximum atomic E-state index is 2.48. The first-order valence-electron chi connectivity index (χ1n) is 23.7. The van der Waals surface area contributed by atoms with E-state index in [0.29, 0.717) is 0 Å². The van der Waals surface area contributed by atoms with E-state index in [4.69, 9.17) is 0 Å². The van der Waals surface area contributed by atoms with Gasteiger partial charge >= 0.3 is 0 Å². The van der Waals surface area contributed by atoms with E-state index in [9.17, 15) is 0 Å². The third-order valence-corrected chi connectivity index (χ3v) is 14.4. The molecule has 0 aromatic heterocycles. The van der Waals surface area contributed by atoms with Crippen molar-refractivity contribution in [3.8, 4) is 22.3 Å². The highest BCUT2D eigenvalue weighted by Gasteiger charge is 2.27. The molecule has 13 aromatic rings. The second-order valence-electron chi connectivity index (χ2n) is 18.8. The van der Waals surface area contributed by atoms with E-state index in [-0.39, 0.29) is 0 Å². The van der Waals surface area contributed by atoms with E-state index in [1.54, 1.807) is 0 Å². The molecule has 0 aliphatic carbocycles. The largest absolute Gasteiger partial charge is 0.310 e. The summed E-state index contributed by atoms with van der Waals surface area (Å²) in [7, 11) is 0. The van der Waals surface area contributed by atoms with Crippen molar-refractivity contribution in [2.75, 3.05) is 9.80 Å². The van der Waals surface area contributed by atoms with E-state index < -0.39 is 0 Å². The number of anilines is 6. The fourth-order valence-electron chi connectivity index (χ4n) is 11.1. The molecule has 2 nitrogen and oxygen atoms in total. The van der Waals surface area contributed by atoms with Gasteiger partial charge in [-0.3, -0.25) is 0 Å². The molecule has 0 aliphatic rings. The molecule has 0 amide bonds. The molecule has 0 heterocycles. The molecule has 13 aromatic carbocycles. The molecule has 0 unspecified atom stereocenters. The zero-order valence-electron chi connectivity index (χ0n) is 38.7. The highest BCUT2D eigenvalue weighted by molar-refractivity contribution is 6.45. The van der Waals surface area contributed by atoms with Crippen LogP contribution in [0.3, 0.4) is 0 Å². The molecule has 322 valence electrons. The molecule has 0 saturated heterocycles. The Labute approximate surface area is 397 Å².